The number of aryl methyl sites for hydroxylation is 1. The van der Waals surface area contributed by atoms with Gasteiger partial charge in [-0.15, -0.1) is 0 Å². The maximum absolute atomic E-state index is 5.25. The van der Waals surface area contributed by atoms with E-state index in [0.29, 0.717) is 11.8 Å². The zero-order valence-electron chi connectivity index (χ0n) is 9.73. The molecule has 0 radical (unpaired) electrons. The van der Waals surface area contributed by atoms with Crippen LogP contribution < -0.4 is 5.32 Å². The molecule has 1 aliphatic rings. The van der Waals surface area contributed by atoms with Crippen molar-refractivity contribution in [1.29, 1.82) is 0 Å². The number of nitrogens with zero attached hydrogens (tertiary/aromatic N) is 3. The lowest BCUT2D eigenvalue weighted by Gasteiger charge is -2.18. The molecule has 0 saturated carbocycles. The summed E-state index contributed by atoms with van der Waals surface area (Å²) in [6, 6.07) is 1.90. The van der Waals surface area contributed by atoms with Gasteiger partial charge < -0.3 is 9.84 Å². The van der Waals surface area contributed by atoms with Crippen LogP contribution in [-0.4, -0.2) is 33.4 Å². The van der Waals surface area contributed by atoms with Crippen LogP contribution in [0.15, 0.2) is 10.6 Å². The molecule has 1 aliphatic heterocycles. The highest BCUT2D eigenvalue weighted by Crippen LogP contribution is 2.24. The van der Waals surface area contributed by atoms with Gasteiger partial charge in [0.2, 0.25) is 0 Å². The van der Waals surface area contributed by atoms with Crippen molar-refractivity contribution in [3.63, 3.8) is 0 Å². The molecule has 0 atom stereocenters. The van der Waals surface area contributed by atoms with Crippen LogP contribution in [0.1, 0.15) is 30.3 Å². The van der Waals surface area contributed by atoms with Crippen molar-refractivity contribution in [2.45, 2.75) is 25.7 Å². The van der Waals surface area contributed by atoms with Crippen LogP contribution >= 0.6 is 0 Å². The topological polar surface area (TPSA) is 79.6 Å². The fourth-order valence-electron chi connectivity index (χ4n) is 2.11. The van der Waals surface area contributed by atoms with Gasteiger partial charge in [-0.05, 0) is 38.9 Å². The summed E-state index contributed by atoms with van der Waals surface area (Å²) in [5.41, 5.74) is 1.71. The molecule has 0 aliphatic carbocycles. The van der Waals surface area contributed by atoms with Gasteiger partial charge in [0.05, 0.1) is 0 Å². The molecule has 3 heterocycles. The Kier molecular flexibility index (Phi) is 2.64. The van der Waals surface area contributed by atoms with Crippen LogP contribution in [-0.2, 0) is 0 Å². The third-order valence-electron chi connectivity index (χ3n) is 3.07. The van der Waals surface area contributed by atoms with E-state index in [0.717, 1.165) is 43.1 Å². The van der Waals surface area contributed by atoms with Gasteiger partial charge in [-0.1, -0.05) is 5.16 Å². The van der Waals surface area contributed by atoms with E-state index in [1.165, 1.54) is 0 Å². The van der Waals surface area contributed by atoms with Gasteiger partial charge in [0, 0.05) is 11.6 Å². The summed E-state index contributed by atoms with van der Waals surface area (Å²) in [4.78, 5) is 4.43. The molecule has 6 nitrogen and oxygen atoms in total. The van der Waals surface area contributed by atoms with E-state index in [4.69, 9.17) is 4.52 Å². The number of aromatic amines is 1. The second-order valence-corrected chi connectivity index (χ2v) is 4.42. The summed E-state index contributed by atoms with van der Waals surface area (Å²) in [5, 5.41) is 14.4. The second-order valence-electron chi connectivity index (χ2n) is 4.42. The molecular weight excluding hydrogens is 218 g/mol. The van der Waals surface area contributed by atoms with Crippen LogP contribution in [0.3, 0.4) is 0 Å². The highest BCUT2D eigenvalue weighted by atomic mass is 16.5. The van der Waals surface area contributed by atoms with Crippen molar-refractivity contribution < 1.29 is 4.52 Å². The van der Waals surface area contributed by atoms with Crippen LogP contribution in [0.4, 0.5) is 0 Å². The molecule has 0 spiro atoms. The Balaban J connectivity index is 1.82. The Hall–Kier alpha value is -1.69. The molecule has 0 aromatic carbocycles. The minimum atomic E-state index is 0.411. The fraction of sp³-hybridized carbons (Fsp3) is 0.545. The number of nitrogens with one attached hydrogen (secondary N) is 2. The second kappa shape index (κ2) is 4.29. The fourth-order valence-corrected chi connectivity index (χ4v) is 2.11. The lowest BCUT2D eigenvalue weighted by Crippen LogP contribution is -2.27. The lowest BCUT2D eigenvalue weighted by atomic mass is 9.98. The number of H-pyrrole nitrogens is 1. The predicted octanol–water partition coefficient (Wildman–Crippen LogP) is 1.24. The van der Waals surface area contributed by atoms with E-state index in [1.807, 2.05) is 13.0 Å². The van der Waals surface area contributed by atoms with Gasteiger partial charge >= 0.3 is 0 Å². The SMILES string of the molecule is Cc1cc(-c2nc(C3CCNCC3)no2)n[nH]1. The van der Waals surface area contributed by atoms with Crippen molar-refractivity contribution in [3.05, 3.63) is 17.6 Å². The molecule has 2 aromatic heterocycles. The Labute approximate surface area is 98.8 Å². The quantitative estimate of drug-likeness (QED) is 0.815. The van der Waals surface area contributed by atoms with E-state index in [1.54, 1.807) is 0 Å². The van der Waals surface area contributed by atoms with Crippen LogP contribution in [0.5, 0.6) is 0 Å². The van der Waals surface area contributed by atoms with E-state index in [2.05, 4.69) is 25.7 Å². The predicted molar refractivity (Wildman–Crippen MR) is 61.5 cm³/mol. The van der Waals surface area contributed by atoms with Crippen LogP contribution in [0, 0.1) is 6.92 Å². The minimum absolute atomic E-state index is 0.411. The van der Waals surface area contributed by atoms with E-state index >= 15 is 0 Å². The summed E-state index contributed by atoms with van der Waals surface area (Å²) in [6.07, 6.45) is 2.14. The number of hydrogen-bond acceptors (Lipinski definition) is 5. The number of aromatic nitrogens is 4. The average Bonchev–Trinajstić information content (AvgIpc) is 2.98. The van der Waals surface area contributed by atoms with Crippen LogP contribution in [0.25, 0.3) is 11.6 Å². The molecule has 3 rings (SSSR count). The monoisotopic (exact) mass is 233 g/mol. The average molecular weight is 233 g/mol. The number of piperidine rings is 1. The maximum Gasteiger partial charge on any atom is 0.278 e. The van der Waals surface area contributed by atoms with Crippen molar-refractivity contribution in [3.8, 4) is 11.6 Å². The molecular formula is C11H15N5O. The molecule has 2 aromatic rings. The molecule has 6 heteroatoms. The third-order valence-corrected chi connectivity index (χ3v) is 3.07. The molecule has 0 bridgehead atoms. The normalized spacial score (nSPS) is 17.5. The number of hydrogen-bond donors (Lipinski definition) is 2. The van der Waals surface area contributed by atoms with E-state index in [9.17, 15) is 0 Å². The van der Waals surface area contributed by atoms with Gasteiger partial charge in [0.25, 0.3) is 5.89 Å². The molecule has 0 unspecified atom stereocenters. The first-order valence-corrected chi connectivity index (χ1v) is 5.89. The first kappa shape index (κ1) is 10.5. The Bertz CT molecular complexity index is 497. The summed E-state index contributed by atoms with van der Waals surface area (Å²) < 4.78 is 5.25. The largest absolute Gasteiger partial charge is 0.332 e. The van der Waals surface area contributed by atoms with Crippen molar-refractivity contribution in [2.75, 3.05) is 13.1 Å². The Morgan fingerprint density at radius 1 is 1.35 bits per heavy atom. The molecule has 90 valence electrons. The summed E-state index contributed by atoms with van der Waals surface area (Å²) >= 11 is 0. The minimum Gasteiger partial charge on any atom is -0.332 e. The highest BCUT2D eigenvalue weighted by Gasteiger charge is 2.21. The molecule has 1 fully saturated rings. The van der Waals surface area contributed by atoms with Crippen molar-refractivity contribution in [2.24, 2.45) is 0 Å². The maximum atomic E-state index is 5.25. The van der Waals surface area contributed by atoms with Gasteiger partial charge in [0.1, 0.15) is 0 Å². The van der Waals surface area contributed by atoms with Crippen LogP contribution in [0.2, 0.25) is 0 Å². The van der Waals surface area contributed by atoms with Gasteiger partial charge in [-0.3, -0.25) is 5.10 Å². The summed E-state index contributed by atoms with van der Waals surface area (Å²) in [6.45, 7) is 3.99. The third kappa shape index (κ3) is 2.08. The molecule has 1 saturated heterocycles. The highest BCUT2D eigenvalue weighted by molar-refractivity contribution is 5.46. The standard InChI is InChI=1S/C11H15N5O/c1-7-6-9(15-14-7)11-13-10(16-17-11)8-2-4-12-5-3-8/h6,8,12H,2-5H2,1H3,(H,14,15). The first-order chi connectivity index (χ1) is 8.33. The smallest absolute Gasteiger partial charge is 0.278 e. The zero-order chi connectivity index (χ0) is 11.7. The van der Waals surface area contributed by atoms with Gasteiger partial charge in [-0.25, -0.2) is 0 Å². The van der Waals surface area contributed by atoms with Crippen molar-refractivity contribution >= 4 is 0 Å². The first-order valence-electron chi connectivity index (χ1n) is 5.89. The molecule has 17 heavy (non-hydrogen) atoms. The van der Waals surface area contributed by atoms with E-state index in [-0.39, 0.29) is 0 Å². The molecule has 2 N–H and O–H groups in total. The van der Waals surface area contributed by atoms with Gasteiger partial charge in [-0.2, -0.15) is 10.1 Å². The number of rotatable bonds is 2. The van der Waals surface area contributed by atoms with Gasteiger partial charge in [0.15, 0.2) is 11.5 Å². The summed E-state index contributed by atoms with van der Waals surface area (Å²) in [7, 11) is 0. The Morgan fingerprint density at radius 3 is 2.88 bits per heavy atom. The Morgan fingerprint density at radius 2 is 2.18 bits per heavy atom. The lowest BCUT2D eigenvalue weighted by molar-refractivity contribution is 0.391. The van der Waals surface area contributed by atoms with E-state index < -0.39 is 0 Å². The van der Waals surface area contributed by atoms with Crippen molar-refractivity contribution in [1.82, 2.24) is 25.7 Å². The summed E-state index contributed by atoms with van der Waals surface area (Å²) in [5.74, 6) is 1.72. The molecule has 0 amide bonds. The zero-order valence-corrected chi connectivity index (χ0v) is 9.73.